The van der Waals surface area contributed by atoms with Crippen LogP contribution in [0.2, 0.25) is 0 Å². The lowest BCUT2D eigenvalue weighted by molar-refractivity contribution is 0.580. The number of halogens is 2. The molecule has 0 bridgehead atoms. The Bertz CT molecular complexity index is 121. The molecule has 0 unspecified atom stereocenters. The monoisotopic (exact) mass is 193 g/mol. The van der Waals surface area contributed by atoms with Gasteiger partial charge in [-0.05, 0) is 47.4 Å². The van der Waals surface area contributed by atoms with Crippen molar-refractivity contribution < 1.29 is 4.39 Å². The highest BCUT2D eigenvalue weighted by molar-refractivity contribution is 9.11. The van der Waals surface area contributed by atoms with Crippen molar-refractivity contribution in [3.63, 3.8) is 0 Å². The van der Waals surface area contributed by atoms with E-state index in [9.17, 15) is 4.39 Å². The zero-order valence-corrected chi connectivity index (χ0v) is 6.67. The van der Waals surface area contributed by atoms with E-state index in [0.29, 0.717) is 0 Å². The lowest BCUT2D eigenvalue weighted by Gasteiger charge is -2.14. The summed E-state index contributed by atoms with van der Waals surface area (Å²) in [5.74, 6) is 0. The Balaban J connectivity index is 2.49. The third-order valence-corrected chi connectivity index (χ3v) is 2.04. The Morgan fingerprint density at radius 3 is 2.33 bits per heavy atom. The topological polar surface area (TPSA) is 12.0 Å². The van der Waals surface area contributed by atoms with Gasteiger partial charge < -0.3 is 5.32 Å². The Morgan fingerprint density at radius 2 is 2.00 bits per heavy atom. The molecule has 3 heteroatoms. The van der Waals surface area contributed by atoms with Crippen LogP contribution in [-0.2, 0) is 0 Å². The summed E-state index contributed by atoms with van der Waals surface area (Å²) in [5.41, 5.74) is 0.911. The molecule has 0 spiro atoms. The highest BCUT2D eigenvalue weighted by Gasteiger charge is 2.07. The maximum absolute atomic E-state index is 12.4. The van der Waals surface area contributed by atoms with Crippen LogP contribution in [0.5, 0.6) is 0 Å². The molecule has 1 heterocycles. The molecule has 1 rings (SSSR count). The summed E-state index contributed by atoms with van der Waals surface area (Å²) in [6.45, 7) is 1.82. The van der Waals surface area contributed by atoms with E-state index in [1.54, 1.807) is 0 Å². The van der Waals surface area contributed by atoms with Gasteiger partial charge in [-0.25, -0.2) is 0 Å². The van der Waals surface area contributed by atoms with E-state index >= 15 is 0 Å². The van der Waals surface area contributed by atoms with Crippen LogP contribution in [0.15, 0.2) is 10.3 Å². The van der Waals surface area contributed by atoms with Crippen molar-refractivity contribution in [3.05, 3.63) is 10.3 Å². The second-order valence-electron chi connectivity index (χ2n) is 2.11. The number of nitrogens with one attached hydrogen (secondary N) is 1. The van der Waals surface area contributed by atoms with Crippen molar-refractivity contribution in [1.82, 2.24) is 5.32 Å². The molecule has 0 saturated carbocycles. The van der Waals surface area contributed by atoms with Crippen LogP contribution in [-0.4, -0.2) is 13.1 Å². The zero-order valence-electron chi connectivity index (χ0n) is 5.08. The first-order valence-electron chi connectivity index (χ1n) is 3.04. The molecule has 0 radical (unpaired) electrons. The smallest absolute Gasteiger partial charge is 0.164 e. The molecule has 0 aromatic rings. The maximum Gasteiger partial charge on any atom is 0.164 e. The zero-order chi connectivity index (χ0) is 6.69. The molecule has 0 amide bonds. The van der Waals surface area contributed by atoms with Crippen LogP contribution in [0, 0.1) is 0 Å². The van der Waals surface area contributed by atoms with Gasteiger partial charge in [0.2, 0.25) is 0 Å². The first-order valence-corrected chi connectivity index (χ1v) is 3.84. The lowest BCUT2D eigenvalue weighted by atomic mass is 10.1. The average molecular weight is 194 g/mol. The fourth-order valence-electron chi connectivity index (χ4n) is 0.918. The van der Waals surface area contributed by atoms with Crippen molar-refractivity contribution in [1.29, 1.82) is 0 Å². The van der Waals surface area contributed by atoms with Crippen LogP contribution in [0.3, 0.4) is 0 Å². The van der Waals surface area contributed by atoms with Crippen LogP contribution in [0.1, 0.15) is 12.8 Å². The third kappa shape index (κ3) is 2.06. The largest absolute Gasteiger partial charge is 0.316 e. The van der Waals surface area contributed by atoms with Crippen LogP contribution < -0.4 is 5.32 Å². The Labute approximate surface area is 62.5 Å². The summed E-state index contributed by atoms with van der Waals surface area (Å²) in [7, 11) is 0. The molecular weight excluding hydrogens is 185 g/mol. The summed E-state index contributed by atoms with van der Waals surface area (Å²) >= 11 is 2.82. The van der Waals surface area contributed by atoms with Gasteiger partial charge in [-0.3, -0.25) is 0 Å². The number of rotatable bonds is 0. The molecule has 0 aromatic heterocycles. The standard InChI is InChI=1S/C6H9BrFN/c7-6(8)5-1-3-9-4-2-5/h9H,1-4H2. The summed E-state index contributed by atoms with van der Waals surface area (Å²) < 4.78 is 12.2. The predicted octanol–water partition coefficient (Wildman–Crippen LogP) is 1.95. The van der Waals surface area contributed by atoms with Crippen molar-refractivity contribution in [2.24, 2.45) is 0 Å². The van der Waals surface area contributed by atoms with E-state index < -0.39 is 0 Å². The maximum atomic E-state index is 12.4. The van der Waals surface area contributed by atoms with Crippen molar-refractivity contribution in [2.45, 2.75) is 12.8 Å². The molecule has 0 aliphatic carbocycles. The lowest BCUT2D eigenvalue weighted by Crippen LogP contribution is -2.23. The fourth-order valence-corrected chi connectivity index (χ4v) is 1.31. The van der Waals surface area contributed by atoms with Crippen molar-refractivity contribution >= 4 is 15.9 Å². The summed E-state index contributed by atoms with van der Waals surface area (Å²) in [6.07, 6.45) is 1.69. The number of hydrogen-bond donors (Lipinski definition) is 1. The summed E-state index contributed by atoms with van der Waals surface area (Å²) in [5, 5.41) is 3.15. The van der Waals surface area contributed by atoms with Gasteiger partial charge in [0.25, 0.3) is 0 Å². The van der Waals surface area contributed by atoms with E-state index in [4.69, 9.17) is 0 Å². The number of piperidine rings is 1. The van der Waals surface area contributed by atoms with E-state index in [-0.39, 0.29) is 4.74 Å². The van der Waals surface area contributed by atoms with E-state index in [2.05, 4.69) is 21.2 Å². The fraction of sp³-hybridized carbons (Fsp3) is 0.667. The normalized spacial score (nSPS) is 20.0. The first kappa shape index (κ1) is 7.22. The molecule has 1 aliphatic heterocycles. The Kier molecular flexibility index (Phi) is 2.66. The molecule has 0 aromatic carbocycles. The molecular formula is C6H9BrFN. The van der Waals surface area contributed by atoms with E-state index in [0.717, 1.165) is 31.5 Å². The quantitative estimate of drug-likeness (QED) is 0.621. The van der Waals surface area contributed by atoms with Crippen molar-refractivity contribution in [2.75, 3.05) is 13.1 Å². The molecule has 0 atom stereocenters. The molecule has 1 N–H and O–H groups in total. The van der Waals surface area contributed by atoms with Crippen LogP contribution >= 0.6 is 15.9 Å². The second kappa shape index (κ2) is 3.32. The summed E-state index contributed by atoms with van der Waals surface area (Å²) in [6, 6.07) is 0. The minimum absolute atomic E-state index is 0.163. The highest BCUT2D eigenvalue weighted by atomic mass is 79.9. The average Bonchev–Trinajstić information content (AvgIpc) is 1.90. The van der Waals surface area contributed by atoms with Gasteiger partial charge in [0.1, 0.15) is 0 Å². The predicted molar refractivity (Wildman–Crippen MR) is 39.2 cm³/mol. The molecule has 52 valence electrons. The molecule has 1 aliphatic rings. The second-order valence-corrected chi connectivity index (χ2v) is 2.81. The van der Waals surface area contributed by atoms with E-state index in [1.165, 1.54) is 0 Å². The SMILES string of the molecule is FC(Br)=C1CCNCC1. The van der Waals surface area contributed by atoms with E-state index in [1.807, 2.05) is 0 Å². The molecule has 9 heavy (non-hydrogen) atoms. The Morgan fingerprint density at radius 1 is 1.44 bits per heavy atom. The minimum atomic E-state index is -0.163. The summed E-state index contributed by atoms with van der Waals surface area (Å²) in [4.78, 5) is 0. The molecule has 1 saturated heterocycles. The van der Waals surface area contributed by atoms with Gasteiger partial charge in [-0.15, -0.1) is 0 Å². The molecule has 1 nitrogen and oxygen atoms in total. The minimum Gasteiger partial charge on any atom is -0.316 e. The third-order valence-electron chi connectivity index (χ3n) is 1.47. The van der Waals surface area contributed by atoms with Gasteiger partial charge >= 0.3 is 0 Å². The Hall–Kier alpha value is 0.110. The van der Waals surface area contributed by atoms with Gasteiger partial charge in [0.05, 0.1) is 0 Å². The van der Waals surface area contributed by atoms with Crippen LogP contribution in [0.4, 0.5) is 4.39 Å². The number of hydrogen-bond acceptors (Lipinski definition) is 1. The van der Waals surface area contributed by atoms with Gasteiger partial charge in [0.15, 0.2) is 4.74 Å². The van der Waals surface area contributed by atoms with Crippen molar-refractivity contribution in [3.8, 4) is 0 Å². The molecule has 1 fully saturated rings. The first-order chi connectivity index (χ1) is 4.30. The van der Waals surface area contributed by atoms with Gasteiger partial charge in [-0.2, -0.15) is 4.39 Å². The van der Waals surface area contributed by atoms with Gasteiger partial charge in [0, 0.05) is 0 Å². The van der Waals surface area contributed by atoms with Crippen LogP contribution in [0.25, 0.3) is 0 Å². The van der Waals surface area contributed by atoms with Gasteiger partial charge in [-0.1, -0.05) is 0 Å². The highest BCUT2D eigenvalue weighted by Crippen LogP contribution is 2.20.